The third-order valence-corrected chi connectivity index (χ3v) is 10.2. The highest BCUT2D eigenvalue weighted by molar-refractivity contribution is 9.10. The van der Waals surface area contributed by atoms with E-state index in [1.165, 1.54) is 4.31 Å². The van der Waals surface area contributed by atoms with Gasteiger partial charge in [0.2, 0.25) is 21.8 Å². The van der Waals surface area contributed by atoms with Crippen LogP contribution in [0.1, 0.15) is 64.4 Å². The third-order valence-electron chi connectivity index (χ3n) is 7.36. The number of carbonyl (C=O) groups excluding carboxylic acids is 2. The van der Waals surface area contributed by atoms with Crippen LogP contribution in [-0.2, 0) is 26.0 Å². The molecule has 182 valence electrons. The van der Waals surface area contributed by atoms with Crippen molar-refractivity contribution in [2.24, 2.45) is 5.92 Å². The Labute approximate surface area is 205 Å². The fraction of sp³-hybridized carbons (Fsp3) is 0.667. The van der Waals surface area contributed by atoms with Gasteiger partial charge in [0.25, 0.3) is 0 Å². The number of anilines is 1. The summed E-state index contributed by atoms with van der Waals surface area (Å²) < 4.78 is 29.4. The molecule has 0 unspecified atom stereocenters. The summed E-state index contributed by atoms with van der Waals surface area (Å²) in [6.45, 7) is 5.91. The minimum atomic E-state index is -3.81. The van der Waals surface area contributed by atoms with Crippen LogP contribution in [0.2, 0.25) is 0 Å². The van der Waals surface area contributed by atoms with Gasteiger partial charge in [-0.05, 0) is 78.6 Å². The van der Waals surface area contributed by atoms with Crippen LogP contribution in [0.5, 0.6) is 0 Å². The summed E-state index contributed by atoms with van der Waals surface area (Å²) in [5, 5.41) is 0. The lowest BCUT2D eigenvalue weighted by atomic mass is 9.93. The molecule has 1 aromatic rings. The van der Waals surface area contributed by atoms with E-state index < -0.39 is 10.0 Å². The molecule has 0 N–H and O–H groups in total. The molecule has 0 bridgehead atoms. The Bertz CT molecular complexity index is 1030. The van der Waals surface area contributed by atoms with Crippen molar-refractivity contribution in [2.45, 2.75) is 76.2 Å². The largest absolute Gasteiger partial charge is 0.339 e. The predicted molar refractivity (Wildman–Crippen MR) is 132 cm³/mol. The molecule has 0 saturated carbocycles. The second-order valence-corrected chi connectivity index (χ2v) is 12.1. The fourth-order valence-corrected chi connectivity index (χ4v) is 8.08. The van der Waals surface area contributed by atoms with E-state index in [0.717, 1.165) is 44.2 Å². The molecule has 2 atom stereocenters. The number of fused-ring (bicyclic) bond motifs is 1. The normalized spacial score (nSPS) is 24.1. The fourth-order valence-electron chi connectivity index (χ4n) is 5.49. The Kier molecular flexibility index (Phi) is 7.50. The molecule has 3 heterocycles. The van der Waals surface area contributed by atoms with Crippen molar-refractivity contribution in [1.82, 2.24) is 9.21 Å². The zero-order valence-corrected chi connectivity index (χ0v) is 22.0. The van der Waals surface area contributed by atoms with Gasteiger partial charge in [0.15, 0.2) is 0 Å². The summed E-state index contributed by atoms with van der Waals surface area (Å²) in [7, 11) is -3.81. The lowest BCUT2D eigenvalue weighted by molar-refractivity contribution is -0.140. The van der Waals surface area contributed by atoms with Crippen molar-refractivity contribution in [1.29, 1.82) is 0 Å². The summed E-state index contributed by atoms with van der Waals surface area (Å²) in [6.07, 6.45) is 6.63. The number of nitrogens with zero attached hydrogens (tertiary/aromatic N) is 3. The van der Waals surface area contributed by atoms with Gasteiger partial charge in [-0.2, -0.15) is 4.31 Å². The second kappa shape index (κ2) is 10.0. The van der Waals surface area contributed by atoms with E-state index in [-0.39, 0.29) is 35.2 Å². The highest BCUT2D eigenvalue weighted by Crippen LogP contribution is 2.38. The van der Waals surface area contributed by atoms with Crippen LogP contribution in [0.25, 0.3) is 0 Å². The number of hydrogen-bond acceptors (Lipinski definition) is 4. The van der Waals surface area contributed by atoms with Crippen molar-refractivity contribution in [3.8, 4) is 0 Å². The number of hydrogen-bond donors (Lipinski definition) is 0. The quantitative estimate of drug-likeness (QED) is 0.567. The Morgan fingerprint density at radius 3 is 2.58 bits per heavy atom. The number of benzene rings is 1. The molecule has 33 heavy (non-hydrogen) atoms. The average molecular weight is 541 g/mol. The molecule has 2 saturated heterocycles. The summed E-state index contributed by atoms with van der Waals surface area (Å²) in [4.78, 5) is 29.6. The summed E-state index contributed by atoms with van der Waals surface area (Å²) in [5.41, 5.74) is 1.66. The van der Waals surface area contributed by atoms with Gasteiger partial charge < -0.3 is 9.80 Å². The lowest BCUT2D eigenvalue weighted by Crippen LogP contribution is -2.50. The van der Waals surface area contributed by atoms with Crippen LogP contribution in [0.15, 0.2) is 21.5 Å². The number of likely N-dealkylation sites (tertiary alicyclic amines) is 1. The van der Waals surface area contributed by atoms with Gasteiger partial charge >= 0.3 is 0 Å². The van der Waals surface area contributed by atoms with E-state index in [4.69, 9.17) is 0 Å². The molecule has 9 heteroatoms. The molecule has 2 fully saturated rings. The maximum Gasteiger partial charge on any atom is 0.244 e. The summed E-state index contributed by atoms with van der Waals surface area (Å²) >= 11 is 3.47. The van der Waals surface area contributed by atoms with Crippen LogP contribution >= 0.6 is 15.9 Å². The highest BCUT2D eigenvalue weighted by atomic mass is 79.9. The maximum atomic E-state index is 13.7. The topological polar surface area (TPSA) is 78.0 Å². The van der Waals surface area contributed by atoms with Gasteiger partial charge in [-0.1, -0.05) is 13.8 Å². The van der Waals surface area contributed by atoms with E-state index in [1.807, 2.05) is 17.9 Å². The van der Waals surface area contributed by atoms with Gasteiger partial charge in [0, 0.05) is 48.8 Å². The minimum Gasteiger partial charge on any atom is -0.339 e. The van der Waals surface area contributed by atoms with Gasteiger partial charge in [-0.3, -0.25) is 9.59 Å². The second-order valence-electron chi connectivity index (χ2n) is 9.35. The molecule has 1 aromatic carbocycles. The Morgan fingerprint density at radius 2 is 1.85 bits per heavy atom. The van der Waals surface area contributed by atoms with E-state index in [1.54, 1.807) is 11.0 Å². The first-order valence-electron chi connectivity index (χ1n) is 12.2. The first kappa shape index (κ1) is 24.7. The van der Waals surface area contributed by atoms with Crippen LogP contribution in [0.4, 0.5) is 5.69 Å². The maximum absolute atomic E-state index is 13.7. The number of carbonyl (C=O) groups is 2. The van der Waals surface area contributed by atoms with Gasteiger partial charge in [-0.25, -0.2) is 8.42 Å². The molecule has 0 aromatic heterocycles. The number of rotatable bonds is 5. The van der Waals surface area contributed by atoms with Crippen molar-refractivity contribution in [2.75, 3.05) is 31.1 Å². The molecule has 0 radical (unpaired) electrons. The lowest BCUT2D eigenvalue weighted by Gasteiger charge is -2.40. The summed E-state index contributed by atoms with van der Waals surface area (Å²) in [5.74, 6) is -0.198. The standard InChI is InChI=1S/C24H34BrN3O4S/c1-3-19-9-5-6-12-27(19)24(30)18-8-7-11-26(16-18)33(31,32)22-15-21-17(14-20(22)25)10-13-28(21)23(29)4-2/h14-15,18-19H,3-13,16H2,1-2H3/t18-,19+/m0/s1. The third kappa shape index (κ3) is 4.73. The van der Waals surface area contributed by atoms with Gasteiger partial charge in [-0.15, -0.1) is 0 Å². The van der Waals surface area contributed by atoms with Crippen molar-refractivity contribution >= 4 is 43.5 Å². The van der Waals surface area contributed by atoms with Crippen molar-refractivity contribution in [3.63, 3.8) is 0 Å². The van der Waals surface area contributed by atoms with Crippen LogP contribution < -0.4 is 4.90 Å². The smallest absolute Gasteiger partial charge is 0.244 e. The first-order chi connectivity index (χ1) is 15.8. The molecule has 0 spiro atoms. The number of sulfonamides is 1. The van der Waals surface area contributed by atoms with Crippen LogP contribution in [0.3, 0.4) is 0 Å². The molecule has 7 nitrogen and oxygen atoms in total. The zero-order valence-electron chi connectivity index (χ0n) is 19.6. The zero-order chi connectivity index (χ0) is 23.8. The minimum absolute atomic E-state index is 0.00457. The molecule has 2 amide bonds. The monoisotopic (exact) mass is 539 g/mol. The van der Waals surface area contributed by atoms with Gasteiger partial charge in [0.05, 0.1) is 10.8 Å². The van der Waals surface area contributed by atoms with E-state index in [2.05, 4.69) is 22.9 Å². The van der Waals surface area contributed by atoms with Crippen molar-refractivity contribution < 1.29 is 18.0 Å². The predicted octanol–water partition coefficient (Wildman–Crippen LogP) is 3.94. The number of halogens is 1. The van der Waals surface area contributed by atoms with E-state index >= 15 is 0 Å². The Hall–Kier alpha value is -1.45. The molecule has 4 rings (SSSR count). The average Bonchev–Trinajstić information content (AvgIpc) is 3.25. The van der Waals surface area contributed by atoms with E-state index in [9.17, 15) is 18.0 Å². The Morgan fingerprint density at radius 1 is 1.06 bits per heavy atom. The van der Waals surface area contributed by atoms with E-state index in [0.29, 0.717) is 42.5 Å². The highest BCUT2D eigenvalue weighted by Gasteiger charge is 2.38. The van der Waals surface area contributed by atoms with Gasteiger partial charge in [0.1, 0.15) is 0 Å². The summed E-state index contributed by atoms with van der Waals surface area (Å²) in [6, 6.07) is 3.74. The van der Waals surface area contributed by atoms with Crippen molar-refractivity contribution in [3.05, 3.63) is 22.2 Å². The van der Waals surface area contributed by atoms with Crippen LogP contribution in [-0.4, -0.2) is 61.7 Å². The van der Waals surface area contributed by atoms with Crippen LogP contribution in [0, 0.1) is 5.92 Å². The SMILES string of the molecule is CCC(=O)N1CCc2cc(Br)c(S(=O)(=O)N3CCC[C@H](C(=O)N4CCCC[C@H]4CC)C3)cc21. The molecule has 3 aliphatic heterocycles. The first-order valence-corrected chi connectivity index (χ1v) is 14.4. The molecular weight excluding hydrogens is 506 g/mol. The molecular formula is C24H34BrN3O4S. The number of piperidine rings is 2. The number of amides is 2. The Balaban J connectivity index is 1.58. The molecule has 0 aliphatic carbocycles. The molecule has 3 aliphatic rings.